The van der Waals surface area contributed by atoms with E-state index in [9.17, 15) is 4.79 Å². The number of aliphatic hydroxyl groups excluding tert-OH is 1. The molecule has 1 heterocycles. The van der Waals surface area contributed by atoms with Crippen LogP contribution in [-0.2, 0) is 6.42 Å². The first-order valence-electron chi connectivity index (χ1n) is 5.61. The third-order valence-corrected chi connectivity index (χ3v) is 2.67. The molecule has 2 rings (SSSR count). The molecule has 5 nitrogen and oxygen atoms in total. The number of hydrogen-bond donors (Lipinski definition) is 2. The minimum absolute atomic E-state index is 0.00961. The van der Waals surface area contributed by atoms with Crippen molar-refractivity contribution in [1.29, 1.82) is 0 Å². The van der Waals surface area contributed by atoms with E-state index in [1.54, 1.807) is 6.20 Å². The van der Waals surface area contributed by atoms with Crippen molar-refractivity contribution in [2.45, 2.75) is 13.3 Å². The Balaban J connectivity index is 2.42. The van der Waals surface area contributed by atoms with Gasteiger partial charge in [-0.1, -0.05) is 17.7 Å². The molecule has 18 heavy (non-hydrogen) atoms. The number of aryl methyl sites for hydroxylation is 1. The molecule has 0 saturated carbocycles. The molecular formula is C13H14N2O3. The van der Waals surface area contributed by atoms with Crippen LogP contribution >= 0.6 is 0 Å². The minimum Gasteiger partial charge on any atom is -0.476 e. The van der Waals surface area contributed by atoms with Gasteiger partial charge >= 0.3 is 5.97 Å². The topological polar surface area (TPSA) is 75.4 Å². The molecule has 1 aromatic heterocycles. The predicted octanol–water partition coefficient (Wildman–Crippen LogP) is 1.41. The molecule has 1 aromatic carbocycles. The highest BCUT2D eigenvalue weighted by Gasteiger charge is 2.15. The lowest BCUT2D eigenvalue weighted by atomic mass is 10.2. The van der Waals surface area contributed by atoms with Gasteiger partial charge in [0.1, 0.15) is 0 Å². The molecule has 0 saturated heterocycles. The fourth-order valence-corrected chi connectivity index (χ4v) is 1.72. The van der Waals surface area contributed by atoms with Crippen molar-refractivity contribution < 1.29 is 15.0 Å². The Hall–Kier alpha value is -2.14. The quantitative estimate of drug-likeness (QED) is 0.855. The summed E-state index contributed by atoms with van der Waals surface area (Å²) in [7, 11) is 0. The van der Waals surface area contributed by atoms with Crippen LogP contribution in [0.5, 0.6) is 0 Å². The smallest absolute Gasteiger partial charge is 0.356 e. The van der Waals surface area contributed by atoms with Crippen LogP contribution in [-0.4, -0.2) is 32.6 Å². The van der Waals surface area contributed by atoms with Crippen molar-refractivity contribution in [1.82, 2.24) is 9.78 Å². The lowest BCUT2D eigenvalue weighted by Crippen LogP contribution is -2.03. The highest BCUT2D eigenvalue weighted by Crippen LogP contribution is 2.14. The van der Waals surface area contributed by atoms with Gasteiger partial charge in [0, 0.05) is 18.4 Å². The summed E-state index contributed by atoms with van der Waals surface area (Å²) in [6.45, 7) is 1.88. The normalized spacial score (nSPS) is 10.6. The SMILES string of the molecule is Cc1ccc(-n2cc(CCO)c(C(=O)O)n2)cc1. The van der Waals surface area contributed by atoms with E-state index in [4.69, 9.17) is 10.2 Å². The first-order chi connectivity index (χ1) is 8.61. The predicted molar refractivity (Wildman–Crippen MR) is 66.1 cm³/mol. The zero-order chi connectivity index (χ0) is 13.1. The maximum absolute atomic E-state index is 11.0. The molecule has 0 fully saturated rings. The van der Waals surface area contributed by atoms with Gasteiger partial charge in [0.15, 0.2) is 5.69 Å². The van der Waals surface area contributed by atoms with Gasteiger partial charge in [-0.05, 0) is 25.5 Å². The summed E-state index contributed by atoms with van der Waals surface area (Å²) in [5.74, 6) is -1.08. The van der Waals surface area contributed by atoms with Crippen molar-refractivity contribution >= 4 is 5.97 Å². The van der Waals surface area contributed by atoms with Crippen molar-refractivity contribution in [3.63, 3.8) is 0 Å². The standard InChI is InChI=1S/C13H14N2O3/c1-9-2-4-11(5-3-9)15-8-10(6-7-16)12(14-15)13(17)18/h2-5,8,16H,6-7H2,1H3,(H,17,18). The second kappa shape index (κ2) is 5.01. The number of nitrogens with zero attached hydrogens (tertiary/aromatic N) is 2. The molecule has 94 valence electrons. The van der Waals surface area contributed by atoms with Crippen molar-refractivity contribution in [2.75, 3.05) is 6.61 Å². The Kier molecular flexibility index (Phi) is 3.43. The maximum atomic E-state index is 11.0. The average Bonchev–Trinajstić information content (AvgIpc) is 2.75. The van der Waals surface area contributed by atoms with Gasteiger partial charge in [-0.25, -0.2) is 9.48 Å². The third kappa shape index (κ3) is 2.41. The molecule has 0 unspecified atom stereocenters. The van der Waals surface area contributed by atoms with Crippen molar-refractivity contribution in [2.24, 2.45) is 0 Å². The molecule has 5 heteroatoms. The van der Waals surface area contributed by atoms with Crippen LogP contribution in [0.1, 0.15) is 21.6 Å². The number of carboxylic acids is 1. The van der Waals surface area contributed by atoms with Crippen LogP contribution in [0, 0.1) is 6.92 Å². The minimum atomic E-state index is -1.08. The number of carboxylic acid groups (broad SMARTS) is 1. The molecule has 2 aromatic rings. The van der Waals surface area contributed by atoms with E-state index in [2.05, 4.69) is 5.10 Å². The number of hydrogen-bond acceptors (Lipinski definition) is 3. The van der Waals surface area contributed by atoms with Crippen LogP contribution in [0.25, 0.3) is 5.69 Å². The van der Waals surface area contributed by atoms with E-state index >= 15 is 0 Å². The van der Waals surface area contributed by atoms with Crippen molar-refractivity contribution in [3.8, 4) is 5.69 Å². The Morgan fingerprint density at radius 1 is 1.33 bits per heavy atom. The summed E-state index contributed by atoms with van der Waals surface area (Å²) in [5, 5.41) is 22.0. The van der Waals surface area contributed by atoms with Crippen LogP contribution in [0.3, 0.4) is 0 Å². The Morgan fingerprint density at radius 2 is 2.00 bits per heavy atom. The second-order valence-electron chi connectivity index (χ2n) is 4.06. The highest BCUT2D eigenvalue weighted by atomic mass is 16.4. The highest BCUT2D eigenvalue weighted by molar-refractivity contribution is 5.87. The monoisotopic (exact) mass is 246 g/mol. The Morgan fingerprint density at radius 3 is 2.56 bits per heavy atom. The number of aromatic carboxylic acids is 1. The lowest BCUT2D eigenvalue weighted by molar-refractivity contribution is 0.0688. The van der Waals surface area contributed by atoms with Gasteiger partial charge in [0.2, 0.25) is 0 Å². The zero-order valence-electron chi connectivity index (χ0n) is 10.00. The van der Waals surface area contributed by atoms with Gasteiger partial charge in [-0.3, -0.25) is 0 Å². The van der Waals surface area contributed by atoms with Crippen molar-refractivity contribution in [3.05, 3.63) is 47.3 Å². The van der Waals surface area contributed by atoms with Gasteiger partial charge in [-0.15, -0.1) is 0 Å². The fourth-order valence-electron chi connectivity index (χ4n) is 1.72. The third-order valence-electron chi connectivity index (χ3n) is 2.67. The first kappa shape index (κ1) is 12.3. The number of aromatic nitrogens is 2. The number of rotatable bonds is 4. The lowest BCUT2D eigenvalue weighted by Gasteiger charge is -2.00. The summed E-state index contributed by atoms with van der Waals surface area (Å²) in [6, 6.07) is 7.61. The van der Waals surface area contributed by atoms with E-state index in [0.717, 1.165) is 11.3 Å². The number of carbonyl (C=O) groups is 1. The van der Waals surface area contributed by atoms with E-state index in [1.165, 1.54) is 4.68 Å². The molecule has 0 aliphatic rings. The first-order valence-corrected chi connectivity index (χ1v) is 5.61. The van der Waals surface area contributed by atoms with Crippen LogP contribution in [0.15, 0.2) is 30.5 Å². The number of aliphatic hydroxyl groups is 1. The van der Waals surface area contributed by atoms with Gasteiger partial charge in [0.05, 0.1) is 5.69 Å². The summed E-state index contributed by atoms with van der Waals surface area (Å²) >= 11 is 0. The molecule has 0 atom stereocenters. The van der Waals surface area contributed by atoms with E-state index in [-0.39, 0.29) is 18.7 Å². The fraction of sp³-hybridized carbons (Fsp3) is 0.231. The summed E-state index contributed by atoms with van der Waals surface area (Å²) in [6.07, 6.45) is 1.93. The molecule has 0 bridgehead atoms. The Bertz CT molecular complexity index is 558. The average molecular weight is 246 g/mol. The largest absolute Gasteiger partial charge is 0.476 e. The Labute approximate surface area is 104 Å². The molecule has 0 aliphatic heterocycles. The second-order valence-corrected chi connectivity index (χ2v) is 4.06. The van der Waals surface area contributed by atoms with Gasteiger partial charge in [0.25, 0.3) is 0 Å². The number of benzene rings is 1. The molecule has 0 radical (unpaired) electrons. The van der Waals surface area contributed by atoms with E-state index in [0.29, 0.717) is 5.56 Å². The maximum Gasteiger partial charge on any atom is 0.356 e. The molecule has 0 spiro atoms. The molecule has 2 N–H and O–H groups in total. The summed E-state index contributed by atoms with van der Waals surface area (Å²) < 4.78 is 1.52. The van der Waals surface area contributed by atoms with E-state index < -0.39 is 5.97 Å². The molecular weight excluding hydrogens is 232 g/mol. The van der Waals surface area contributed by atoms with Crippen LogP contribution in [0.4, 0.5) is 0 Å². The van der Waals surface area contributed by atoms with Crippen LogP contribution < -0.4 is 0 Å². The zero-order valence-corrected chi connectivity index (χ0v) is 10.00. The summed E-state index contributed by atoms with van der Waals surface area (Å²) in [5.41, 5.74) is 2.45. The van der Waals surface area contributed by atoms with Gasteiger partial charge < -0.3 is 10.2 Å². The molecule has 0 aliphatic carbocycles. The van der Waals surface area contributed by atoms with Gasteiger partial charge in [-0.2, -0.15) is 5.10 Å². The summed E-state index contributed by atoms with van der Waals surface area (Å²) in [4.78, 5) is 11.0. The van der Waals surface area contributed by atoms with E-state index in [1.807, 2.05) is 31.2 Å². The van der Waals surface area contributed by atoms with Crippen LogP contribution in [0.2, 0.25) is 0 Å². The molecule has 0 amide bonds.